The standard InChI is InChI=1S/C33H35N5O2S2/c1-3-4-16-37-30(36-20-18-35(19-21-36)26-13-9-6-10-14-26)27(24(2)28(23-34)31(37)39)22-29-32(40)38(33(41)42-29)17-15-25-11-7-5-8-12-25/h5-14,22H,3-4,15-21H2,1-2H3/b29-22-. The lowest BCUT2D eigenvalue weighted by Crippen LogP contribution is -2.48. The number of unbranched alkanes of at least 4 members (excludes halogenated alkanes) is 1. The lowest BCUT2D eigenvalue weighted by molar-refractivity contribution is -0.122. The number of hydrogen-bond donors (Lipinski definition) is 0. The van der Waals surface area contributed by atoms with Crippen LogP contribution in [0.2, 0.25) is 0 Å². The van der Waals surface area contributed by atoms with E-state index in [1.165, 1.54) is 17.4 Å². The first-order valence-electron chi connectivity index (χ1n) is 14.4. The molecule has 42 heavy (non-hydrogen) atoms. The molecule has 0 saturated carbocycles. The fourth-order valence-electron chi connectivity index (χ4n) is 5.53. The van der Waals surface area contributed by atoms with Gasteiger partial charge in [0, 0.05) is 50.5 Å². The third kappa shape index (κ3) is 6.15. The minimum Gasteiger partial charge on any atom is -0.368 e. The third-order valence-electron chi connectivity index (χ3n) is 7.90. The van der Waals surface area contributed by atoms with Gasteiger partial charge in [-0.15, -0.1) is 0 Å². The van der Waals surface area contributed by atoms with Crippen molar-refractivity contribution < 1.29 is 4.79 Å². The number of piperazine rings is 1. The van der Waals surface area contributed by atoms with Crippen molar-refractivity contribution in [1.29, 1.82) is 5.26 Å². The highest BCUT2D eigenvalue weighted by Gasteiger charge is 2.33. The smallest absolute Gasteiger partial charge is 0.270 e. The molecule has 3 heterocycles. The minimum absolute atomic E-state index is 0.128. The van der Waals surface area contributed by atoms with Crippen molar-refractivity contribution >= 4 is 51.8 Å². The van der Waals surface area contributed by atoms with Crippen molar-refractivity contribution in [3.05, 3.63) is 98.2 Å². The second-order valence-corrected chi connectivity index (χ2v) is 12.2. The number of carbonyl (C=O) groups excluding carboxylic acids is 1. The Morgan fingerprint density at radius 2 is 1.60 bits per heavy atom. The summed E-state index contributed by atoms with van der Waals surface area (Å²) in [6.07, 6.45) is 4.29. The van der Waals surface area contributed by atoms with E-state index >= 15 is 0 Å². The number of benzene rings is 2. The molecular weight excluding hydrogens is 563 g/mol. The first kappa shape index (κ1) is 29.6. The topological polar surface area (TPSA) is 72.6 Å². The zero-order valence-corrected chi connectivity index (χ0v) is 25.7. The second kappa shape index (κ2) is 13.4. The van der Waals surface area contributed by atoms with E-state index in [4.69, 9.17) is 12.2 Å². The molecule has 0 atom stereocenters. The van der Waals surface area contributed by atoms with Crippen LogP contribution in [0.4, 0.5) is 11.5 Å². The van der Waals surface area contributed by atoms with Crippen molar-refractivity contribution in [2.75, 3.05) is 42.5 Å². The summed E-state index contributed by atoms with van der Waals surface area (Å²) in [5, 5.41) is 10.0. The van der Waals surface area contributed by atoms with E-state index in [-0.39, 0.29) is 17.0 Å². The summed E-state index contributed by atoms with van der Waals surface area (Å²) in [4.78, 5) is 34.0. The molecule has 5 rings (SSSR count). The van der Waals surface area contributed by atoms with Gasteiger partial charge in [-0.3, -0.25) is 19.1 Å². The largest absolute Gasteiger partial charge is 0.368 e. The van der Waals surface area contributed by atoms with Crippen LogP contribution in [-0.2, 0) is 17.8 Å². The summed E-state index contributed by atoms with van der Waals surface area (Å²) >= 11 is 6.92. The number of amides is 1. The highest BCUT2D eigenvalue weighted by Crippen LogP contribution is 2.36. The van der Waals surface area contributed by atoms with Crippen molar-refractivity contribution in [3.8, 4) is 6.07 Å². The molecule has 0 aliphatic carbocycles. The number of thiocarbonyl (C=S) groups is 1. The van der Waals surface area contributed by atoms with Gasteiger partial charge in [0.1, 0.15) is 21.8 Å². The van der Waals surface area contributed by atoms with Crippen molar-refractivity contribution in [2.45, 2.75) is 39.7 Å². The number of anilines is 2. The Morgan fingerprint density at radius 1 is 0.952 bits per heavy atom. The molecule has 7 nitrogen and oxygen atoms in total. The number of nitrogens with zero attached hydrogens (tertiary/aromatic N) is 5. The maximum Gasteiger partial charge on any atom is 0.270 e. The van der Waals surface area contributed by atoms with E-state index in [9.17, 15) is 14.9 Å². The number of aromatic nitrogens is 1. The lowest BCUT2D eigenvalue weighted by Gasteiger charge is -2.39. The average Bonchev–Trinajstić information content (AvgIpc) is 3.29. The van der Waals surface area contributed by atoms with Crippen molar-refractivity contribution in [1.82, 2.24) is 9.47 Å². The Hall–Kier alpha value is -3.87. The molecular formula is C33H35N5O2S2. The first-order valence-corrected chi connectivity index (χ1v) is 15.7. The van der Waals surface area contributed by atoms with Crippen LogP contribution in [0.15, 0.2) is 70.4 Å². The van der Waals surface area contributed by atoms with Crippen LogP contribution >= 0.6 is 24.0 Å². The molecule has 0 radical (unpaired) electrons. The van der Waals surface area contributed by atoms with E-state index in [2.05, 4.69) is 34.9 Å². The fraction of sp³-hybridized carbons (Fsp3) is 0.333. The van der Waals surface area contributed by atoms with Crippen molar-refractivity contribution in [2.24, 2.45) is 0 Å². The van der Waals surface area contributed by atoms with Crippen LogP contribution in [0.5, 0.6) is 0 Å². The van der Waals surface area contributed by atoms with Gasteiger partial charge in [-0.2, -0.15) is 5.26 Å². The summed E-state index contributed by atoms with van der Waals surface area (Å²) in [6.45, 7) is 7.93. The van der Waals surface area contributed by atoms with Gasteiger partial charge in [0.25, 0.3) is 11.5 Å². The number of para-hydroxylation sites is 1. The molecule has 216 valence electrons. The van der Waals surface area contributed by atoms with Crippen LogP contribution in [0, 0.1) is 18.3 Å². The van der Waals surface area contributed by atoms with Crippen LogP contribution < -0.4 is 15.4 Å². The van der Waals surface area contributed by atoms with Gasteiger partial charge < -0.3 is 9.80 Å². The highest BCUT2D eigenvalue weighted by atomic mass is 32.2. The molecule has 1 aromatic heterocycles. The van der Waals surface area contributed by atoms with E-state index in [1.807, 2.05) is 61.5 Å². The predicted molar refractivity (Wildman–Crippen MR) is 176 cm³/mol. The van der Waals surface area contributed by atoms with Gasteiger partial charge in [-0.1, -0.05) is 85.9 Å². The number of pyridine rings is 1. The van der Waals surface area contributed by atoms with Gasteiger partial charge in [-0.25, -0.2) is 0 Å². The van der Waals surface area contributed by atoms with E-state index in [1.54, 1.807) is 9.47 Å². The normalized spacial score (nSPS) is 16.4. The molecule has 1 amide bonds. The molecule has 9 heteroatoms. The average molecular weight is 598 g/mol. The van der Waals surface area contributed by atoms with Gasteiger partial charge in [0.05, 0.1) is 4.91 Å². The Kier molecular flexibility index (Phi) is 9.45. The molecule has 2 fully saturated rings. The number of carbonyl (C=O) groups is 1. The summed E-state index contributed by atoms with van der Waals surface area (Å²) < 4.78 is 2.28. The van der Waals surface area contributed by atoms with Gasteiger partial charge in [0.15, 0.2) is 0 Å². The van der Waals surface area contributed by atoms with Gasteiger partial charge >= 0.3 is 0 Å². The molecule has 2 saturated heterocycles. The highest BCUT2D eigenvalue weighted by molar-refractivity contribution is 8.26. The SMILES string of the molecule is CCCCn1c(N2CCN(c3ccccc3)CC2)c(/C=C2\SC(=S)N(CCc3ccccc3)C2=O)c(C)c(C#N)c1=O. The number of nitriles is 1. The number of thioether (sulfide) groups is 1. The van der Waals surface area contributed by atoms with Crippen molar-refractivity contribution in [3.63, 3.8) is 0 Å². The first-order chi connectivity index (χ1) is 20.4. The quantitative estimate of drug-likeness (QED) is 0.235. The monoisotopic (exact) mass is 597 g/mol. The zero-order chi connectivity index (χ0) is 29.6. The fourth-order valence-corrected chi connectivity index (χ4v) is 6.82. The van der Waals surface area contributed by atoms with Crippen LogP contribution in [-0.4, -0.2) is 52.4 Å². The summed E-state index contributed by atoms with van der Waals surface area (Å²) in [6, 6.07) is 22.5. The Labute approximate surface area is 257 Å². The van der Waals surface area contributed by atoms with E-state index in [0.29, 0.717) is 47.4 Å². The molecule has 0 bridgehead atoms. The minimum atomic E-state index is -0.267. The molecule has 0 spiro atoms. The lowest BCUT2D eigenvalue weighted by atomic mass is 10.0. The van der Waals surface area contributed by atoms with Gasteiger partial charge in [0.2, 0.25) is 0 Å². The summed E-state index contributed by atoms with van der Waals surface area (Å²) in [5.74, 6) is 0.650. The molecule has 2 aliphatic rings. The Balaban J connectivity index is 1.51. The maximum atomic E-state index is 13.6. The predicted octanol–water partition coefficient (Wildman–Crippen LogP) is 5.60. The van der Waals surface area contributed by atoms with Crippen LogP contribution in [0.1, 0.15) is 42.0 Å². The van der Waals surface area contributed by atoms with Crippen LogP contribution in [0.25, 0.3) is 6.08 Å². The molecule has 2 aromatic carbocycles. The zero-order valence-electron chi connectivity index (χ0n) is 24.1. The van der Waals surface area contributed by atoms with E-state index < -0.39 is 0 Å². The maximum absolute atomic E-state index is 13.6. The third-order valence-corrected chi connectivity index (χ3v) is 9.28. The summed E-state index contributed by atoms with van der Waals surface area (Å²) in [7, 11) is 0. The Morgan fingerprint density at radius 3 is 2.24 bits per heavy atom. The molecule has 3 aromatic rings. The molecule has 0 unspecified atom stereocenters. The summed E-state index contributed by atoms with van der Waals surface area (Å²) in [5.41, 5.74) is 3.53. The molecule has 2 aliphatic heterocycles. The van der Waals surface area contributed by atoms with E-state index in [0.717, 1.165) is 42.9 Å². The Bertz CT molecular complexity index is 1590. The molecule has 0 N–H and O–H groups in total. The second-order valence-electron chi connectivity index (χ2n) is 10.5. The number of hydrogen-bond acceptors (Lipinski definition) is 7. The van der Waals surface area contributed by atoms with Crippen LogP contribution in [0.3, 0.4) is 0 Å². The van der Waals surface area contributed by atoms with Gasteiger partial charge in [-0.05, 0) is 49.1 Å². The number of rotatable bonds is 9.